The van der Waals surface area contributed by atoms with Gasteiger partial charge < -0.3 is 10.2 Å². The Morgan fingerprint density at radius 2 is 2.22 bits per heavy atom. The van der Waals surface area contributed by atoms with Gasteiger partial charge in [0, 0.05) is 13.6 Å². The summed E-state index contributed by atoms with van der Waals surface area (Å²) >= 11 is 11.6. The molecule has 1 aromatic heterocycles. The van der Waals surface area contributed by atoms with Crippen molar-refractivity contribution in [1.29, 1.82) is 0 Å². The number of rotatable bonds is 2. The van der Waals surface area contributed by atoms with E-state index in [1.54, 1.807) is 11.9 Å². The number of halogens is 2. The molecule has 1 saturated heterocycles. The molecule has 0 aliphatic carbocycles. The zero-order valence-electron chi connectivity index (χ0n) is 9.61. The molecule has 0 aromatic carbocycles. The Bertz CT molecular complexity index is 507. The Morgan fingerprint density at radius 1 is 1.50 bits per heavy atom. The van der Waals surface area contributed by atoms with E-state index in [1.807, 2.05) is 0 Å². The van der Waals surface area contributed by atoms with Crippen molar-refractivity contribution in [3.63, 3.8) is 0 Å². The van der Waals surface area contributed by atoms with Crippen LogP contribution in [0.2, 0.25) is 10.2 Å². The largest absolute Gasteiger partial charge is 0.344 e. The van der Waals surface area contributed by atoms with Crippen LogP contribution in [0, 0.1) is 0 Å². The summed E-state index contributed by atoms with van der Waals surface area (Å²) in [6.07, 6.45) is 0.583. The number of likely N-dealkylation sites (N-methyl/N-ethyl adjacent to an activating group) is 1. The van der Waals surface area contributed by atoms with Gasteiger partial charge >= 0.3 is 0 Å². The van der Waals surface area contributed by atoms with Crippen LogP contribution in [0.5, 0.6) is 0 Å². The van der Waals surface area contributed by atoms with Crippen molar-refractivity contribution < 1.29 is 9.59 Å². The second kappa shape index (κ2) is 5.12. The fraction of sp³-hybridized carbons (Fsp3) is 0.364. The molecule has 96 valence electrons. The van der Waals surface area contributed by atoms with Gasteiger partial charge in [0.25, 0.3) is 5.91 Å². The first-order chi connectivity index (χ1) is 8.49. The first-order valence-corrected chi connectivity index (χ1v) is 6.12. The number of nitrogens with one attached hydrogen (secondary N) is 1. The molecule has 2 heterocycles. The van der Waals surface area contributed by atoms with E-state index in [0.717, 1.165) is 0 Å². The zero-order chi connectivity index (χ0) is 13.3. The highest BCUT2D eigenvalue weighted by molar-refractivity contribution is 6.34. The second-order valence-corrected chi connectivity index (χ2v) is 4.83. The summed E-state index contributed by atoms with van der Waals surface area (Å²) in [5.41, 5.74) is 0.0338. The quantitative estimate of drug-likeness (QED) is 0.836. The number of carbonyl (C=O) groups is 2. The molecule has 1 aromatic rings. The Morgan fingerprint density at radius 3 is 2.83 bits per heavy atom. The first-order valence-electron chi connectivity index (χ1n) is 5.37. The van der Waals surface area contributed by atoms with Crippen LogP contribution < -0.4 is 5.32 Å². The minimum absolute atomic E-state index is 0.0338. The van der Waals surface area contributed by atoms with Crippen molar-refractivity contribution in [1.82, 2.24) is 15.2 Å². The van der Waals surface area contributed by atoms with E-state index in [9.17, 15) is 9.59 Å². The third-order valence-corrected chi connectivity index (χ3v) is 3.28. The van der Waals surface area contributed by atoms with Crippen LogP contribution in [0.15, 0.2) is 12.1 Å². The van der Waals surface area contributed by atoms with E-state index in [-0.39, 0.29) is 21.8 Å². The summed E-state index contributed by atoms with van der Waals surface area (Å²) in [5, 5.41) is 2.99. The van der Waals surface area contributed by atoms with E-state index >= 15 is 0 Å². The number of aromatic nitrogens is 1. The Kier molecular flexibility index (Phi) is 3.73. The first kappa shape index (κ1) is 13.1. The molecule has 0 spiro atoms. The summed E-state index contributed by atoms with van der Waals surface area (Å²) in [4.78, 5) is 29.0. The Balaban J connectivity index is 2.13. The highest BCUT2D eigenvalue weighted by Gasteiger charge is 2.31. The molecule has 0 radical (unpaired) electrons. The molecule has 1 N–H and O–H groups in total. The SMILES string of the molecule is CN1CCC(NC(=O)c2nc(Cl)ccc2Cl)C1=O. The average molecular weight is 288 g/mol. The maximum absolute atomic E-state index is 11.9. The molecule has 1 aliphatic rings. The van der Waals surface area contributed by atoms with E-state index in [4.69, 9.17) is 23.2 Å². The number of hydrogen-bond donors (Lipinski definition) is 1. The fourth-order valence-corrected chi connectivity index (χ4v) is 2.10. The third kappa shape index (κ3) is 2.57. The Labute approximate surface area is 114 Å². The lowest BCUT2D eigenvalue weighted by Crippen LogP contribution is -2.40. The van der Waals surface area contributed by atoms with Crippen LogP contribution in [-0.4, -0.2) is 41.3 Å². The highest BCUT2D eigenvalue weighted by Crippen LogP contribution is 2.17. The Hall–Kier alpha value is -1.33. The highest BCUT2D eigenvalue weighted by atomic mass is 35.5. The van der Waals surface area contributed by atoms with Crippen LogP contribution in [0.4, 0.5) is 0 Å². The molecule has 0 bridgehead atoms. The number of pyridine rings is 1. The zero-order valence-corrected chi connectivity index (χ0v) is 11.1. The summed E-state index contributed by atoms with van der Waals surface area (Å²) < 4.78 is 0. The van der Waals surface area contributed by atoms with Gasteiger partial charge in [-0.05, 0) is 18.6 Å². The van der Waals surface area contributed by atoms with Gasteiger partial charge in [-0.25, -0.2) is 4.98 Å². The maximum Gasteiger partial charge on any atom is 0.272 e. The number of amides is 2. The predicted octanol–water partition coefficient (Wildman–Crippen LogP) is 1.35. The lowest BCUT2D eigenvalue weighted by Gasteiger charge is -2.12. The molecule has 1 atom stereocenters. The van der Waals surface area contributed by atoms with E-state index in [1.165, 1.54) is 12.1 Å². The van der Waals surface area contributed by atoms with Gasteiger partial charge in [0.2, 0.25) is 5.91 Å². The second-order valence-electron chi connectivity index (χ2n) is 4.04. The van der Waals surface area contributed by atoms with Gasteiger partial charge in [-0.3, -0.25) is 9.59 Å². The summed E-state index contributed by atoms with van der Waals surface area (Å²) in [7, 11) is 1.69. The van der Waals surface area contributed by atoms with E-state index < -0.39 is 11.9 Å². The minimum Gasteiger partial charge on any atom is -0.344 e. The average Bonchev–Trinajstić information content (AvgIpc) is 2.64. The van der Waals surface area contributed by atoms with Crippen molar-refractivity contribution in [3.8, 4) is 0 Å². The molecule has 1 unspecified atom stereocenters. The molecule has 18 heavy (non-hydrogen) atoms. The number of nitrogens with zero attached hydrogens (tertiary/aromatic N) is 2. The molecule has 0 saturated carbocycles. The topological polar surface area (TPSA) is 62.3 Å². The minimum atomic E-state index is -0.514. The van der Waals surface area contributed by atoms with Crippen molar-refractivity contribution in [3.05, 3.63) is 28.0 Å². The van der Waals surface area contributed by atoms with Gasteiger partial charge in [-0.1, -0.05) is 23.2 Å². The van der Waals surface area contributed by atoms with E-state index in [2.05, 4.69) is 10.3 Å². The van der Waals surface area contributed by atoms with Gasteiger partial charge in [0.15, 0.2) is 0 Å². The standard InChI is InChI=1S/C11H11Cl2N3O2/c1-16-5-4-7(11(16)18)14-10(17)9-6(12)2-3-8(13)15-9/h2-3,7H,4-5H2,1H3,(H,14,17). The van der Waals surface area contributed by atoms with Crippen molar-refractivity contribution in [2.45, 2.75) is 12.5 Å². The number of likely N-dealkylation sites (tertiary alicyclic amines) is 1. The summed E-state index contributed by atoms with van der Waals surface area (Å²) in [5.74, 6) is -0.599. The van der Waals surface area contributed by atoms with Crippen LogP contribution in [0.1, 0.15) is 16.9 Å². The predicted molar refractivity (Wildman–Crippen MR) is 67.8 cm³/mol. The summed E-state index contributed by atoms with van der Waals surface area (Å²) in [6, 6.07) is 2.48. The van der Waals surface area contributed by atoms with Crippen LogP contribution in [0.3, 0.4) is 0 Å². The number of carbonyl (C=O) groups excluding carboxylic acids is 2. The van der Waals surface area contributed by atoms with Gasteiger partial charge in [-0.2, -0.15) is 0 Å². The molecule has 1 fully saturated rings. The monoisotopic (exact) mass is 287 g/mol. The van der Waals surface area contributed by atoms with Crippen LogP contribution in [-0.2, 0) is 4.79 Å². The molecular weight excluding hydrogens is 277 g/mol. The number of hydrogen-bond acceptors (Lipinski definition) is 3. The third-order valence-electron chi connectivity index (χ3n) is 2.76. The maximum atomic E-state index is 11.9. The molecular formula is C11H11Cl2N3O2. The van der Waals surface area contributed by atoms with Gasteiger partial charge in [0.1, 0.15) is 16.9 Å². The van der Waals surface area contributed by atoms with Crippen LogP contribution >= 0.6 is 23.2 Å². The lowest BCUT2D eigenvalue weighted by atomic mass is 10.2. The molecule has 2 rings (SSSR count). The smallest absolute Gasteiger partial charge is 0.272 e. The van der Waals surface area contributed by atoms with Crippen LogP contribution in [0.25, 0.3) is 0 Å². The molecule has 1 aliphatic heterocycles. The van der Waals surface area contributed by atoms with E-state index in [0.29, 0.717) is 13.0 Å². The van der Waals surface area contributed by atoms with Gasteiger partial charge in [-0.15, -0.1) is 0 Å². The normalized spacial score (nSPS) is 19.2. The summed E-state index contributed by atoms with van der Waals surface area (Å²) in [6.45, 7) is 0.625. The molecule has 7 heteroatoms. The lowest BCUT2D eigenvalue weighted by molar-refractivity contribution is -0.128. The molecule has 5 nitrogen and oxygen atoms in total. The molecule has 2 amide bonds. The van der Waals surface area contributed by atoms with Crippen molar-refractivity contribution in [2.75, 3.05) is 13.6 Å². The van der Waals surface area contributed by atoms with Gasteiger partial charge in [0.05, 0.1) is 5.02 Å². The van der Waals surface area contributed by atoms with Crippen molar-refractivity contribution >= 4 is 35.0 Å². The van der Waals surface area contributed by atoms with Crippen molar-refractivity contribution in [2.24, 2.45) is 0 Å². The fourth-order valence-electron chi connectivity index (χ4n) is 1.76.